The van der Waals surface area contributed by atoms with E-state index in [0.29, 0.717) is 39.0 Å². The van der Waals surface area contributed by atoms with Gasteiger partial charge in [-0.3, -0.25) is 4.79 Å². The first-order chi connectivity index (χ1) is 17.6. The molecule has 3 aromatic rings. The molecule has 1 heterocycles. The minimum Gasteiger partial charge on any atom is -0.478 e. The molecule has 0 radical (unpaired) electrons. The number of carboxylic acids is 1. The standard InChI is InChI=1S/C31H24O6/c1-31(2,3)19-10-8-18(9-11-19)30(35)36-21-13-15-25-27(17-21)37-26-16-20(32)12-14-24(26)28(25)22-6-4-5-7-23(22)29(33)34/h4-17H,1-3H3,(H,33,34). The molecule has 0 bridgehead atoms. The summed E-state index contributed by atoms with van der Waals surface area (Å²) in [5, 5.41) is 10.4. The Hall–Kier alpha value is -4.71. The number of carbonyl (C=O) groups excluding carboxylic acids is 1. The summed E-state index contributed by atoms with van der Waals surface area (Å²) < 4.78 is 11.7. The monoisotopic (exact) mass is 492 g/mol. The van der Waals surface area contributed by atoms with Crippen LogP contribution in [0.3, 0.4) is 0 Å². The van der Waals surface area contributed by atoms with E-state index in [4.69, 9.17) is 9.15 Å². The molecule has 6 heteroatoms. The zero-order valence-corrected chi connectivity index (χ0v) is 20.6. The van der Waals surface area contributed by atoms with Crippen LogP contribution in [0.5, 0.6) is 5.75 Å². The van der Waals surface area contributed by atoms with Gasteiger partial charge in [-0.2, -0.15) is 0 Å². The van der Waals surface area contributed by atoms with Gasteiger partial charge in [-0.25, -0.2) is 9.59 Å². The van der Waals surface area contributed by atoms with E-state index in [9.17, 15) is 19.5 Å². The number of carbonyl (C=O) groups is 2. The predicted octanol–water partition coefficient (Wildman–Crippen LogP) is 6.78. The van der Waals surface area contributed by atoms with E-state index in [1.807, 2.05) is 12.1 Å². The maximum absolute atomic E-state index is 12.8. The molecule has 5 rings (SSSR count). The van der Waals surface area contributed by atoms with E-state index in [1.54, 1.807) is 54.6 Å². The van der Waals surface area contributed by atoms with Crippen LogP contribution >= 0.6 is 0 Å². The van der Waals surface area contributed by atoms with Crippen molar-refractivity contribution in [2.45, 2.75) is 26.2 Å². The summed E-state index contributed by atoms with van der Waals surface area (Å²) in [6.45, 7) is 6.30. The van der Waals surface area contributed by atoms with Crippen LogP contribution in [0.25, 0.3) is 33.4 Å². The summed E-state index contributed by atoms with van der Waals surface area (Å²) >= 11 is 0. The van der Waals surface area contributed by atoms with Gasteiger partial charge < -0.3 is 14.3 Å². The summed E-state index contributed by atoms with van der Waals surface area (Å²) in [6, 6.07) is 23.3. The van der Waals surface area contributed by atoms with Gasteiger partial charge in [0.05, 0.1) is 11.1 Å². The fourth-order valence-corrected chi connectivity index (χ4v) is 4.36. The normalized spacial score (nSPS) is 11.5. The average Bonchev–Trinajstić information content (AvgIpc) is 2.86. The van der Waals surface area contributed by atoms with Crippen molar-refractivity contribution >= 4 is 22.9 Å². The van der Waals surface area contributed by atoms with Crippen LogP contribution in [-0.2, 0) is 5.41 Å². The molecule has 2 aliphatic rings. The van der Waals surface area contributed by atoms with Crippen LogP contribution in [0.15, 0.2) is 94.1 Å². The summed E-state index contributed by atoms with van der Waals surface area (Å²) in [5.41, 5.74) is 3.42. The molecule has 6 nitrogen and oxygen atoms in total. The molecule has 3 aromatic carbocycles. The first-order valence-electron chi connectivity index (χ1n) is 11.8. The molecule has 0 aromatic heterocycles. The number of ether oxygens (including phenoxy) is 1. The number of aromatic carboxylic acids is 1. The molecule has 1 N–H and O–H groups in total. The maximum Gasteiger partial charge on any atom is 0.343 e. The minimum absolute atomic E-state index is 0.0357. The largest absolute Gasteiger partial charge is 0.478 e. The van der Waals surface area contributed by atoms with Crippen LogP contribution in [0.4, 0.5) is 0 Å². The lowest BCUT2D eigenvalue weighted by molar-refractivity contribution is 0.0695. The van der Waals surface area contributed by atoms with E-state index >= 15 is 0 Å². The average molecular weight is 493 g/mol. The van der Waals surface area contributed by atoms with Crippen molar-refractivity contribution < 1.29 is 23.8 Å². The van der Waals surface area contributed by atoms with Crippen LogP contribution in [0, 0.1) is 0 Å². The van der Waals surface area contributed by atoms with E-state index in [-0.39, 0.29) is 22.2 Å². The highest BCUT2D eigenvalue weighted by Crippen LogP contribution is 2.42. The molecule has 0 spiro atoms. The minimum atomic E-state index is -1.07. The van der Waals surface area contributed by atoms with Crippen molar-refractivity contribution in [3.8, 4) is 28.2 Å². The molecule has 1 aliphatic heterocycles. The number of benzene rings is 4. The van der Waals surface area contributed by atoms with Crippen molar-refractivity contribution in [1.29, 1.82) is 0 Å². The second-order valence-electron chi connectivity index (χ2n) is 9.86. The summed E-state index contributed by atoms with van der Waals surface area (Å²) in [5.74, 6) is -1.02. The van der Waals surface area contributed by atoms with Crippen molar-refractivity contribution in [3.63, 3.8) is 0 Å². The number of esters is 1. The Morgan fingerprint density at radius 1 is 0.838 bits per heavy atom. The van der Waals surface area contributed by atoms with Crippen LogP contribution < -0.4 is 10.2 Å². The zero-order chi connectivity index (χ0) is 26.3. The van der Waals surface area contributed by atoms with Gasteiger partial charge in [0.2, 0.25) is 0 Å². The Labute approximate surface area is 213 Å². The molecular formula is C31H24O6. The quantitative estimate of drug-likeness (QED) is 0.169. The smallest absolute Gasteiger partial charge is 0.343 e. The number of fused-ring (bicyclic) bond motifs is 2. The SMILES string of the molecule is CC(C)(C)c1ccc(C(=O)Oc2ccc3c(-c4ccccc4C(=O)O)c4ccc(=O)cc-4oc3c2)cc1. The highest BCUT2D eigenvalue weighted by Gasteiger charge is 2.22. The van der Waals surface area contributed by atoms with Gasteiger partial charge in [0.15, 0.2) is 5.43 Å². The second kappa shape index (κ2) is 9.06. The summed E-state index contributed by atoms with van der Waals surface area (Å²) in [6.07, 6.45) is 0. The topological polar surface area (TPSA) is 93.8 Å². The lowest BCUT2D eigenvalue weighted by Crippen LogP contribution is -2.13. The van der Waals surface area contributed by atoms with Gasteiger partial charge >= 0.3 is 11.9 Å². The lowest BCUT2D eigenvalue weighted by atomic mass is 9.87. The summed E-state index contributed by atoms with van der Waals surface area (Å²) in [7, 11) is 0. The molecule has 0 unspecified atom stereocenters. The van der Waals surface area contributed by atoms with Gasteiger partial charge in [0, 0.05) is 28.6 Å². The number of rotatable bonds is 4. The third-order valence-corrected chi connectivity index (χ3v) is 6.29. The molecular weight excluding hydrogens is 468 g/mol. The molecule has 0 amide bonds. The van der Waals surface area contributed by atoms with Crippen LogP contribution in [0.2, 0.25) is 0 Å². The maximum atomic E-state index is 12.8. The molecule has 37 heavy (non-hydrogen) atoms. The Kier molecular flexibility index (Phi) is 5.88. The lowest BCUT2D eigenvalue weighted by Gasteiger charge is -2.19. The molecule has 0 saturated heterocycles. The Bertz CT molecular complexity index is 1690. The Morgan fingerprint density at radius 2 is 1.57 bits per heavy atom. The first-order valence-corrected chi connectivity index (χ1v) is 11.8. The second-order valence-corrected chi connectivity index (χ2v) is 9.86. The fourth-order valence-electron chi connectivity index (χ4n) is 4.36. The predicted molar refractivity (Wildman–Crippen MR) is 142 cm³/mol. The molecule has 1 aliphatic carbocycles. The van der Waals surface area contributed by atoms with Crippen molar-refractivity contribution in [3.05, 3.63) is 112 Å². The van der Waals surface area contributed by atoms with Crippen LogP contribution in [0.1, 0.15) is 47.1 Å². The molecule has 0 fully saturated rings. The third-order valence-electron chi connectivity index (χ3n) is 6.29. The Balaban J connectivity index is 1.61. The van der Waals surface area contributed by atoms with Gasteiger partial charge in [-0.05, 0) is 59.0 Å². The van der Waals surface area contributed by atoms with Crippen molar-refractivity contribution in [2.24, 2.45) is 0 Å². The van der Waals surface area contributed by atoms with Crippen molar-refractivity contribution in [1.82, 2.24) is 0 Å². The molecule has 184 valence electrons. The van der Waals surface area contributed by atoms with Gasteiger partial charge in [0.25, 0.3) is 0 Å². The van der Waals surface area contributed by atoms with E-state index in [1.165, 1.54) is 18.2 Å². The summed E-state index contributed by atoms with van der Waals surface area (Å²) in [4.78, 5) is 36.9. The number of hydrogen-bond acceptors (Lipinski definition) is 5. The van der Waals surface area contributed by atoms with Crippen LogP contribution in [-0.4, -0.2) is 17.0 Å². The fraction of sp³-hybridized carbons (Fsp3) is 0.129. The van der Waals surface area contributed by atoms with E-state index in [0.717, 1.165) is 5.56 Å². The highest BCUT2D eigenvalue weighted by molar-refractivity contribution is 6.07. The van der Waals surface area contributed by atoms with Gasteiger partial charge in [-0.15, -0.1) is 0 Å². The highest BCUT2D eigenvalue weighted by atomic mass is 16.5. The van der Waals surface area contributed by atoms with E-state index < -0.39 is 11.9 Å². The first kappa shape index (κ1) is 24.0. The van der Waals surface area contributed by atoms with Gasteiger partial charge in [-0.1, -0.05) is 51.1 Å². The van der Waals surface area contributed by atoms with Gasteiger partial charge in [0.1, 0.15) is 17.1 Å². The van der Waals surface area contributed by atoms with Crippen molar-refractivity contribution in [2.75, 3.05) is 0 Å². The zero-order valence-electron chi connectivity index (χ0n) is 20.6. The van der Waals surface area contributed by atoms with E-state index in [2.05, 4.69) is 20.8 Å². The third kappa shape index (κ3) is 4.61. The number of carboxylic acid groups (broad SMARTS) is 1. The number of hydrogen-bond donors (Lipinski definition) is 1. The Morgan fingerprint density at radius 3 is 2.27 bits per heavy atom. The molecule has 0 atom stereocenters. The molecule has 0 saturated carbocycles.